The number of benzene rings is 1. The third-order valence-electron chi connectivity index (χ3n) is 5.40. The maximum atomic E-state index is 12.8. The molecular formula is C20H27N3O2. The van der Waals surface area contributed by atoms with E-state index in [2.05, 4.69) is 31.1 Å². The Kier molecular flexibility index (Phi) is 5.53. The second-order valence-corrected chi connectivity index (χ2v) is 6.85. The Balaban J connectivity index is 1.75. The molecule has 2 aromatic rings. The molecular weight excluding hydrogens is 314 g/mol. The van der Waals surface area contributed by atoms with Crippen molar-refractivity contribution in [3.8, 4) is 0 Å². The number of likely N-dealkylation sites (tertiary alicyclic amines) is 1. The van der Waals surface area contributed by atoms with E-state index in [1.54, 1.807) is 0 Å². The van der Waals surface area contributed by atoms with Crippen LogP contribution in [-0.4, -0.2) is 35.6 Å². The normalized spacial score (nSPS) is 20.4. The number of carbonyl (C=O) groups excluding carboxylic acids is 1. The Bertz CT molecular complexity index is 694. The molecule has 5 heteroatoms. The van der Waals surface area contributed by atoms with Gasteiger partial charge in [-0.3, -0.25) is 4.79 Å². The van der Waals surface area contributed by atoms with Crippen molar-refractivity contribution in [3.63, 3.8) is 0 Å². The second kappa shape index (κ2) is 7.83. The zero-order valence-electron chi connectivity index (χ0n) is 15.0. The van der Waals surface area contributed by atoms with Crippen LogP contribution in [0.15, 0.2) is 40.9 Å². The van der Waals surface area contributed by atoms with Crippen LogP contribution in [0.2, 0.25) is 0 Å². The van der Waals surface area contributed by atoms with E-state index in [9.17, 15) is 4.79 Å². The van der Waals surface area contributed by atoms with Crippen molar-refractivity contribution in [2.24, 2.45) is 11.7 Å². The lowest BCUT2D eigenvalue weighted by Gasteiger charge is -2.16. The first kappa shape index (κ1) is 17.7. The SMILES string of the molecule is CCC(CC)c1cc(C(=O)N2C[C@@H](CN)[C@H](c3ccccc3)C2)on1. The van der Waals surface area contributed by atoms with E-state index >= 15 is 0 Å². The van der Waals surface area contributed by atoms with E-state index in [1.165, 1.54) is 5.56 Å². The Labute approximate surface area is 149 Å². The van der Waals surface area contributed by atoms with Crippen molar-refractivity contribution in [1.82, 2.24) is 10.1 Å². The lowest BCUT2D eigenvalue weighted by Crippen LogP contribution is -2.29. The molecule has 25 heavy (non-hydrogen) atoms. The smallest absolute Gasteiger partial charge is 0.292 e. The molecule has 0 spiro atoms. The first-order valence-electron chi connectivity index (χ1n) is 9.18. The monoisotopic (exact) mass is 341 g/mol. The molecule has 1 saturated heterocycles. The first-order valence-corrected chi connectivity index (χ1v) is 9.18. The number of hydrogen-bond acceptors (Lipinski definition) is 4. The summed E-state index contributed by atoms with van der Waals surface area (Å²) in [5, 5.41) is 4.12. The van der Waals surface area contributed by atoms with Gasteiger partial charge in [0.05, 0.1) is 5.69 Å². The Hall–Kier alpha value is -2.14. The fourth-order valence-corrected chi connectivity index (χ4v) is 3.80. The van der Waals surface area contributed by atoms with Crippen LogP contribution >= 0.6 is 0 Å². The number of carbonyl (C=O) groups is 1. The maximum Gasteiger partial charge on any atom is 0.292 e. The quantitative estimate of drug-likeness (QED) is 0.874. The molecule has 0 radical (unpaired) electrons. The predicted octanol–water partition coefficient (Wildman–Crippen LogP) is 3.39. The molecule has 0 saturated carbocycles. The van der Waals surface area contributed by atoms with Crippen molar-refractivity contribution < 1.29 is 9.32 Å². The van der Waals surface area contributed by atoms with Crippen LogP contribution in [0, 0.1) is 5.92 Å². The average molecular weight is 341 g/mol. The summed E-state index contributed by atoms with van der Waals surface area (Å²) in [4.78, 5) is 14.7. The zero-order chi connectivity index (χ0) is 17.8. The summed E-state index contributed by atoms with van der Waals surface area (Å²) in [6.07, 6.45) is 1.98. The molecule has 0 aliphatic carbocycles. The minimum Gasteiger partial charge on any atom is -0.351 e. The molecule has 1 aliphatic heterocycles. The summed E-state index contributed by atoms with van der Waals surface area (Å²) in [5.74, 6) is 1.15. The van der Waals surface area contributed by atoms with Gasteiger partial charge in [-0.1, -0.05) is 49.3 Å². The largest absolute Gasteiger partial charge is 0.351 e. The minimum atomic E-state index is -0.0819. The maximum absolute atomic E-state index is 12.8. The summed E-state index contributed by atoms with van der Waals surface area (Å²) in [5.41, 5.74) is 8.09. The molecule has 5 nitrogen and oxygen atoms in total. The van der Waals surface area contributed by atoms with Crippen molar-refractivity contribution in [1.29, 1.82) is 0 Å². The molecule has 0 unspecified atom stereocenters. The van der Waals surface area contributed by atoms with Gasteiger partial charge in [-0.2, -0.15) is 0 Å². The van der Waals surface area contributed by atoms with Crippen molar-refractivity contribution in [3.05, 3.63) is 53.4 Å². The summed E-state index contributed by atoms with van der Waals surface area (Å²) in [7, 11) is 0. The van der Waals surface area contributed by atoms with Crippen LogP contribution in [0.25, 0.3) is 0 Å². The van der Waals surface area contributed by atoms with Gasteiger partial charge in [0, 0.05) is 31.0 Å². The molecule has 1 aliphatic rings. The minimum absolute atomic E-state index is 0.0819. The number of nitrogens with zero attached hydrogens (tertiary/aromatic N) is 2. The van der Waals surface area contributed by atoms with Crippen molar-refractivity contribution in [2.45, 2.75) is 38.5 Å². The van der Waals surface area contributed by atoms with Gasteiger partial charge in [-0.25, -0.2) is 0 Å². The Morgan fingerprint density at radius 2 is 2.00 bits per heavy atom. The van der Waals surface area contributed by atoms with Crippen LogP contribution in [0.1, 0.15) is 60.3 Å². The van der Waals surface area contributed by atoms with Crippen LogP contribution in [0.5, 0.6) is 0 Å². The van der Waals surface area contributed by atoms with Crippen LogP contribution in [-0.2, 0) is 0 Å². The molecule has 3 rings (SSSR count). The van der Waals surface area contributed by atoms with E-state index in [1.807, 2.05) is 29.2 Å². The van der Waals surface area contributed by atoms with Crippen LogP contribution in [0.4, 0.5) is 0 Å². The number of aromatic nitrogens is 1. The van der Waals surface area contributed by atoms with Gasteiger partial charge in [-0.15, -0.1) is 0 Å². The third kappa shape index (κ3) is 3.61. The average Bonchev–Trinajstić information content (AvgIpc) is 3.30. The summed E-state index contributed by atoms with van der Waals surface area (Å²) in [6, 6.07) is 12.1. The topological polar surface area (TPSA) is 72.4 Å². The first-order chi connectivity index (χ1) is 12.2. The molecule has 0 bridgehead atoms. The molecule has 1 fully saturated rings. The molecule has 1 aromatic heterocycles. The van der Waals surface area contributed by atoms with Gasteiger partial charge in [0.25, 0.3) is 5.91 Å². The fourth-order valence-electron chi connectivity index (χ4n) is 3.80. The highest BCUT2D eigenvalue weighted by Gasteiger charge is 2.36. The molecule has 2 atom stereocenters. The molecule has 2 N–H and O–H groups in total. The highest BCUT2D eigenvalue weighted by atomic mass is 16.5. The molecule has 1 aromatic carbocycles. The van der Waals surface area contributed by atoms with E-state index in [-0.39, 0.29) is 17.7 Å². The Morgan fingerprint density at radius 3 is 2.64 bits per heavy atom. The van der Waals surface area contributed by atoms with Crippen LogP contribution in [0.3, 0.4) is 0 Å². The lowest BCUT2D eigenvalue weighted by atomic mass is 9.89. The molecule has 2 heterocycles. The van der Waals surface area contributed by atoms with E-state index < -0.39 is 0 Å². The highest BCUT2D eigenvalue weighted by Crippen LogP contribution is 2.33. The Morgan fingerprint density at radius 1 is 1.28 bits per heavy atom. The van der Waals surface area contributed by atoms with Gasteiger partial charge in [0.2, 0.25) is 5.76 Å². The predicted molar refractivity (Wildman–Crippen MR) is 97.5 cm³/mol. The van der Waals surface area contributed by atoms with Crippen LogP contribution < -0.4 is 5.73 Å². The van der Waals surface area contributed by atoms with Gasteiger partial charge in [-0.05, 0) is 30.9 Å². The third-order valence-corrected chi connectivity index (χ3v) is 5.40. The summed E-state index contributed by atoms with van der Waals surface area (Å²) in [6.45, 7) is 6.16. The van der Waals surface area contributed by atoms with E-state index in [4.69, 9.17) is 10.3 Å². The second-order valence-electron chi connectivity index (χ2n) is 6.85. The lowest BCUT2D eigenvalue weighted by molar-refractivity contribution is 0.0744. The van der Waals surface area contributed by atoms with Gasteiger partial charge >= 0.3 is 0 Å². The van der Waals surface area contributed by atoms with Gasteiger partial charge < -0.3 is 15.2 Å². The number of amides is 1. The summed E-state index contributed by atoms with van der Waals surface area (Å²) < 4.78 is 5.36. The summed E-state index contributed by atoms with van der Waals surface area (Å²) >= 11 is 0. The molecule has 134 valence electrons. The van der Waals surface area contributed by atoms with Gasteiger partial charge in [0.15, 0.2) is 0 Å². The standard InChI is InChI=1S/C20H27N3O2/c1-3-14(4-2)18-10-19(25-22-18)20(24)23-12-16(11-21)17(13-23)15-8-6-5-7-9-15/h5-10,14,16-17H,3-4,11-13,21H2,1-2H3/t16-,17+/m1/s1. The van der Waals surface area contributed by atoms with E-state index in [0.717, 1.165) is 18.5 Å². The van der Waals surface area contributed by atoms with Crippen molar-refractivity contribution in [2.75, 3.05) is 19.6 Å². The number of rotatable bonds is 6. The molecule has 1 amide bonds. The number of hydrogen-bond donors (Lipinski definition) is 1. The fraction of sp³-hybridized carbons (Fsp3) is 0.500. The highest BCUT2D eigenvalue weighted by molar-refractivity contribution is 5.91. The van der Waals surface area contributed by atoms with E-state index in [0.29, 0.717) is 31.3 Å². The van der Waals surface area contributed by atoms with Crippen molar-refractivity contribution >= 4 is 5.91 Å². The number of nitrogens with two attached hydrogens (primary N) is 1. The zero-order valence-corrected chi connectivity index (χ0v) is 15.0. The van der Waals surface area contributed by atoms with Gasteiger partial charge in [0.1, 0.15) is 0 Å².